The van der Waals surface area contributed by atoms with Gasteiger partial charge in [0.25, 0.3) is 0 Å². The van der Waals surface area contributed by atoms with Crippen LogP contribution >= 0.6 is 11.8 Å². The predicted molar refractivity (Wildman–Crippen MR) is 61.2 cm³/mol. The third kappa shape index (κ3) is 7.12. The quantitative estimate of drug-likeness (QED) is 0.550. The zero-order chi connectivity index (χ0) is 11.4. The van der Waals surface area contributed by atoms with Gasteiger partial charge in [0.05, 0.1) is 21.1 Å². The molecule has 0 aromatic carbocycles. The van der Waals surface area contributed by atoms with E-state index in [1.165, 1.54) is 0 Å². The van der Waals surface area contributed by atoms with Crippen molar-refractivity contribution in [3.63, 3.8) is 0 Å². The first-order valence-electron chi connectivity index (χ1n) is 4.53. The Kier molecular flexibility index (Phi) is 5.41. The van der Waals surface area contributed by atoms with Gasteiger partial charge in [-0.1, -0.05) is 18.3 Å². The number of hydrogen-bond donors (Lipinski definition) is 1. The number of aliphatic hydroxyl groups is 1. The van der Waals surface area contributed by atoms with Crippen molar-refractivity contribution >= 4 is 16.9 Å². The molecule has 0 saturated heterocycles. The average molecular weight is 218 g/mol. The molecule has 0 fully saturated rings. The van der Waals surface area contributed by atoms with Gasteiger partial charge < -0.3 is 9.59 Å². The van der Waals surface area contributed by atoms with Gasteiger partial charge in [-0.25, -0.2) is 0 Å². The average Bonchev–Trinajstić information content (AvgIpc) is 1.96. The second kappa shape index (κ2) is 5.53. The first-order chi connectivity index (χ1) is 6.22. The van der Waals surface area contributed by atoms with Crippen LogP contribution < -0.4 is 0 Å². The Morgan fingerprint density at radius 1 is 1.50 bits per heavy atom. The lowest BCUT2D eigenvalue weighted by Crippen LogP contribution is -2.42. The van der Waals surface area contributed by atoms with Crippen LogP contribution in [0.1, 0.15) is 6.92 Å². The Balaban J connectivity index is 3.80. The van der Waals surface area contributed by atoms with Crippen LogP contribution in [0.5, 0.6) is 0 Å². The lowest BCUT2D eigenvalue weighted by atomic mass is 10.3. The molecule has 4 heteroatoms. The zero-order valence-electron chi connectivity index (χ0n) is 9.41. The normalized spacial score (nSPS) is 13.8. The minimum Gasteiger partial charge on any atom is -0.386 e. The van der Waals surface area contributed by atoms with Gasteiger partial charge in [0, 0.05) is 5.75 Å². The van der Waals surface area contributed by atoms with E-state index in [9.17, 15) is 9.90 Å². The molecule has 0 rings (SSSR count). The number of aliphatic hydroxyl groups excluding tert-OH is 1. The first-order valence-corrected chi connectivity index (χ1v) is 5.52. The molecule has 3 nitrogen and oxygen atoms in total. The van der Waals surface area contributed by atoms with Crippen LogP contribution in [0.3, 0.4) is 0 Å². The van der Waals surface area contributed by atoms with Crippen LogP contribution in [-0.2, 0) is 4.79 Å². The van der Waals surface area contributed by atoms with Gasteiger partial charge in [-0.3, -0.25) is 4.79 Å². The fourth-order valence-electron chi connectivity index (χ4n) is 0.980. The van der Waals surface area contributed by atoms with Crippen molar-refractivity contribution in [1.29, 1.82) is 0 Å². The lowest BCUT2D eigenvalue weighted by Gasteiger charge is -2.26. The molecule has 0 aliphatic heterocycles. The third-order valence-corrected chi connectivity index (χ3v) is 2.68. The Morgan fingerprint density at radius 3 is 2.36 bits per heavy atom. The maximum absolute atomic E-state index is 11.2. The van der Waals surface area contributed by atoms with Gasteiger partial charge in [0.15, 0.2) is 0 Å². The predicted octanol–water partition coefficient (Wildman–Crippen LogP) is 0.889. The summed E-state index contributed by atoms with van der Waals surface area (Å²) in [6.45, 7) is 5.88. The number of carbonyl (C=O) groups is 1. The summed E-state index contributed by atoms with van der Waals surface area (Å²) in [6, 6.07) is 0. The van der Waals surface area contributed by atoms with E-state index >= 15 is 0 Å². The highest BCUT2D eigenvalue weighted by Gasteiger charge is 2.16. The summed E-state index contributed by atoms with van der Waals surface area (Å²) in [5.74, 6) is 0.446. The summed E-state index contributed by atoms with van der Waals surface area (Å²) in [7, 11) is 6.03. The van der Waals surface area contributed by atoms with Crippen molar-refractivity contribution in [2.45, 2.75) is 13.0 Å². The molecular formula is C10H20NO2S+. The largest absolute Gasteiger partial charge is 0.386 e. The molecule has 0 aromatic rings. The van der Waals surface area contributed by atoms with Crippen LogP contribution in [0.4, 0.5) is 0 Å². The number of hydrogen-bond acceptors (Lipinski definition) is 3. The van der Waals surface area contributed by atoms with Gasteiger partial charge in [-0.15, -0.1) is 0 Å². The number of thioether (sulfide) groups is 1. The van der Waals surface area contributed by atoms with Gasteiger partial charge >= 0.3 is 0 Å². The monoisotopic (exact) mass is 218 g/mol. The molecule has 1 N–H and O–H groups in total. The summed E-state index contributed by atoms with van der Waals surface area (Å²) in [4.78, 5) is 11.2. The minimum atomic E-state index is -0.441. The molecule has 0 aliphatic rings. The molecule has 0 saturated carbocycles. The minimum absolute atomic E-state index is 0.0366. The third-order valence-electron chi connectivity index (χ3n) is 1.51. The fraction of sp³-hybridized carbons (Fsp3) is 0.700. The SMILES string of the molecule is C=C(C)C(=O)SCC(O)C[N+](C)(C)C. The number of rotatable bonds is 5. The summed E-state index contributed by atoms with van der Waals surface area (Å²) in [5, 5.41) is 9.56. The van der Waals surface area contributed by atoms with Gasteiger partial charge in [-0.2, -0.15) is 0 Å². The molecule has 1 unspecified atom stereocenters. The molecule has 14 heavy (non-hydrogen) atoms. The highest BCUT2D eigenvalue weighted by molar-refractivity contribution is 8.14. The zero-order valence-corrected chi connectivity index (χ0v) is 10.2. The number of likely N-dealkylation sites (N-methyl/N-ethyl adjacent to an activating group) is 1. The van der Waals surface area contributed by atoms with E-state index in [-0.39, 0.29) is 5.12 Å². The van der Waals surface area contributed by atoms with E-state index in [4.69, 9.17) is 0 Å². The first kappa shape index (κ1) is 13.7. The van der Waals surface area contributed by atoms with Crippen molar-refractivity contribution in [3.05, 3.63) is 12.2 Å². The van der Waals surface area contributed by atoms with E-state index in [1.54, 1.807) is 6.92 Å². The van der Waals surface area contributed by atoms with Crippen LogP contribution in [0.15, 0.2) is 12.2 Å². The molecule has 82 valence electrons. The van der Waals surface area contributed by atoms with Gasteiger partial charge in [0.2, 0.25) is 5.12 Å². The standard InChI is InChI=1S/C10H20NO2S/c1-8(2)10(13)14-7-9(12)6-11(3,4)5/h9,12H,1,6-7H2,2-5H3/q+1. The molecular weight excluding hydrogens is 198 g/mol. The molecule has 1 atom stereocenters. The molecule has 0 aromatic heterocycles. The van der Waals surface area contributed by atoms with Gasteiger partial charge in [-0.05, 0) is 12.5 Å². The second-order valence-electron chi connectivity index (χ2n) is 4.51. The number of quaternary nitrogens is 1. The second-order valence-corrected chi connectivity index (χ2v) is 5.50. The fourth-order valence-corrected chi connectivity index (χ4v) is 1.68. The Morgan fingerprint density at radius 2 is 2.00 bits per heavy atom. The molecule has 0 amide bonds. The number of nitrogens with zero attached hydrogens (tertiary/aromatic N) is 1. The van der Waals surface area contributed by atoms with E-state index < -0.39 is 6.10 Å². The smallest absolute Gasteiger partial charge is 0.214 e. The van der Waals surface area contributed by atoms with Crippen molar-refractivity contribution in [3.8, 4) is 0 Å². The van der Waals surface area contributed by atoms with Crippen molar-refractivity contribution < 1.29 is 14.4 Å². The Hall–Kier alpha value is -0.320. The highest BCUT2D eigenvalue weighted by atomic mass is 32.2. The van der Waals surface area contributed by atoms with Crippen LogP contribution in [0.2, 0.25) is 0 Å². The van der Waals surface area contributed by atoms with E-state index in [1.807, 2.05) is 21.1 Å². The molecule has 0 spiro atoms. The van der Waals surface area contributed by atoms with E-state index in [0.29, 0.717) is 22.4 Å². The topological polar surface area (TPSA) is 37.3 Å². The molecule has 0 bridgehead atoms. The molecule has 0 aliphatic carbocycles. The van der Waals surface area contributed by atoms with E-state index in [0.717, 1.165) is 11.8 Å². The number of carbonyl (C=O) groups excluding carboxylic acids is 1. The van der Waals surface area contributed by atoms with Crippen LogP contribution in [0.25, 0.3) is 0 Å². The summed E-state index contributed by atoms with van der Waals surface area (Å²) in [5.41, 5.74) is 0.535. The van der Waals surface area contributed by atoms with Crippen LogP contribution in [0, 0.1) is 0 Å². The Labute approximate surface area is 90.4 Å². The molecule has 0 radical (unpaired) electrons. The van der Waals surface area contributed by atoms with E-state index in [2.05, 4.69) is 6.58 Å². The van der Waals surface area contributed by atoms with Crippen LogP contribution in [-0.4, -0.2) is 54.2 Å². The maximum atomic E-state index is 11.2. The summed E-state index contributed by atoms with van der Waals surface area (Å²) >= 11 is 1.13. The lowest BCUT2D eigenvalue weighted by molar-refractivity contribution is -0.873. The summed E-state index contributed by atoms with van der Waals surface area (Å²) < 4.78 is 0.697. The highest BCUT2D eigenvalue weighted by Crippen LogP contribution is 2.11. The maximum Gasteiger partial charge on any atom is 0.214 e. The Bertz CT molecular complexity index is 221. The molecule has 0 heterocycles. The van der Waals surface area contributed by atoms with Crippen molar-refractivity contribution in [2.24, 2.45) is 0 Å². The van der Waals surface area contributed by atoms with Gasteiger partial charge in [0.1, 0.15) is 12.6 Å². The van der Waals surface area contributed by atoms with Crippen molar-refractivity contribution in [1.82, 2.24) is 0 Å². The van der Waals surface area contributed by atoms with Crippen molar-refractivity contribution in [2.75, 3.05) is 33.4 Å². The summed E-state index contributed by atoms with van der Waals surface area (Å²) in [6.07, 6.45) is -0.441.